The molecule has 10 heteroatoms. The highest BCUT2D eigenvalue weighted by Gasteiger charge is 2.29. The lowest BCUT2D eigenvalue weighted by molar-refractivity contribution is -0.120. The fourth-order valence-electron chi connectivity index (χ4n) is 5.38. The lowest BCUT2D eigenvalue weighted by Crippen LogP contribution is -2.49. The zero-order chi connectivity index (χ0) is 28.5. The summed E-state index contributed by atoms with van der Waals surface area (Å²) in [6.45, 7) is 6.84. The SMILES string of the molecule is CCN(C(=O)CN1CCN(C)CC1)c1ccc(N/C(=C2\C(=O)Nc3cc(Cl)ccc32)c2ccc3c(c2)OCO3)cc1. The molecule has 0 aromatic heterocycles. The van der Waals surface area contributed by atoms with Gasteiger partial charge in [0.2, 0.25) is 12.7 Å². The van der Waals surface area contributed by atoms with E-state index in [0.29, 0.717) is 46.6 Å². The van der Waals surface area contributed by atoms with E-state index in [1.165, 1.54) is 0 Å². The van der Waals surface area contributed by atoms with Crippen LogP contribution in [0.3, 0.4) is 0 Å². The molecule has 2 N–H and O–H groups in total. The van der Waals surface area contributed by atoms with Gasteiger partial charge in [0.05, 0.1) is 23.5 Å². The van der Waals surface area contributed by atoms with Crippen molar-refractivity contribution in [1.82, 2.24) is 9.80 Å². The smallest absolute Gasteiger partial charge is 0.258 e. The maximum absolute atomic E-state index is 13.3. The molecule has 3 aromatic carbocycles. The number of hydrogen-bond donors (Lipinski definition) is 2. The first-order chi connectivity index (χ1) is 19.9. The number of piperazine rings is 1. The minimum Gasteiger partial charge on any atom is -0.454 e. The summed E-state index contributed by atoms with van der Waals surface area (Å²) in [7, 11) is 2.11. The topological polar surface area (TPSA) is 86.4 Å². The fraction of sp³-hybridized carbons (Fsp3) is 0.290. The molecule has 6 rings (SSSR count). The Morgan fingerprint density at radius 2 is 1.76 bits per heavy atom. The van der Waals surface area contributed by atoms with Crippen LogP contribution in [0.1, 0.15) is 18.1 Å². The molecule has 0 spiro atoms. The van der Waals surface area contributed by atoms with E-state index in [-0.39, 0.29) is 18.6 Å². The fourth-order valence-corrected chi connectivity index (χ4v) is 5.55. The Hall–Kier alpha value is -4.05. The number of nitrogens with one attached hydrogen (secondary N) is 2. The number of halogens is 1. The molecule has 3 aliphatic rings. The van der Waals surface area contributed by atoms with Crippen LogP contribution >= 0.6 is 11.6 Å². The summed E-state index contributed by atoms with van der Waals surface area (Å²) in [5.74, 6) is 1.13. The molecule has 0 atom stereocenters. The molecule has 0 saturated carbocycles. The Bertz CT molecular complexity index is 1520. The highest BCUT2D eigenvalue weighted by atomic mass is 35.5. The molecule has 0 radical (unpaired) electrons. The monoisotopic (exact) mass is 573 g/mol. The summed E-state index contributed by atoms with van der Waals surface area (Å²) in [6.07, 6.45) is 0. The van der Waals surface area contributed by atoms with E-state index in [9.17, 15) is 9.59 Å². The molecule has 3 aliphatic heterocycles. The van der Waals surface area contributed by atoms with Crippen molar-refractivity contribution in [3.05, 3.63) is 76.8 Å². The van der Waals surface area contributed by atoms with Crippen molar-refractivity contribution in [3.8, 4) is 11.5 Å². The number of amides is 2. The molecule has 1 saturated heterocycles. The van der Waals surface area contributed by atoms with Gasteiger partial charge >= 0.3 is 0 Å². The summed E-state index contributed by atoms with van der Waals surface area (Å²) in [5.41, 5.74) is 4.89. The van der Waals surface area contributed by atoms with Gasteiger partial charge in [-0.25, -0.2) is 0 Å². The first-order valence-electron chi connectivity index (χ1n) is 13.7. The Kier molecular flexibility index (Phi) is 7.57. The number of rotatable bonds is 7. The van der Waals surface area contributed by atoms with Gasteiger partial charge < -0.3 is 29.9 Å². The van der Waals surface area contributed by atoms with E-state index < -0.39 is 0 Å². The predicted molar refractivity (Wildman–Crippen MR) is 161 cm³/mol. The molecule has 3 heterocycles. The number of carbonyl (C=O) groups is 2. The number of anilines is 3. The second kappa shape index (κ2) is 11.4. The Morgan fingerprint density at radius 3 is 2.51 bits per heavy atom. The molecular formula is C31H32ClN5O4. The lowest BCUT2D eigenvalue weighted by Gasteiger charge is -2.33. The van der Waals surface area contributed by atoms with E-state index in [2.05, 4.69) is 27.5 Å². The van der Waals surface area contributed by atoms with Crippen LogP contribution < -0.4 is 25.0 Å². The van der Waals surface area contributed by atoms with Crippen molar-refractivity contribution in [2.45, 2.75) is 6.92 Å². The molecular weight excluding hydrogens is 542 g/mol. The molecule has 0 bridgehead atoms. The van der Waals surface area contributed by atoms with Crippen LogP contribution in [0.25, 0.3) is 11.3 Å². The minimum atomic E-state index is -0.231. The summed E-state index contributed by atoms with van der Waals surface area (Å²) in [5, 5.41) is 6.94. The molecule has 212 valence electrons. The van der Waals surface area contributed by atoms with Crippen LogP contribution in [0.2, 0.25) is 5.02 Å². The van der Waals surface area contributed by atoms with Crippen LogP contribution in [0.15, 0.2) is 60.7 Å². The Labute approximate surface area is 244 Å². The number of benzene rings is 3. The van der Waals surface area contributed by atoms with Gasteiger partial charge in [-0.05, 0) is 68.6 Å². The van der Waals surface area contributed by atoms with Gasteiger partial charge in [0, 0.05) is 60.2 Å². The minimum absolute atomic E-state index is 0.0822. The average molecular weight is 574 g/mol. The number of ether oxygens (including phenoxy) is 2. The van der Waals surface area contributed by atoms with Crippen LogP contribution in [0, 0.1) is 0 Å². The second-order valence-electron chi connectivity index (χ2n) is 10.4. The number of nitrogens with zero attached hydrogens (tertiary/aromatic N) is 3. The summed E-state index contributed by atoms with van der Waals surface area (Å²) in [6, 6.07) is 18.6. The van der Waals surface area contributed by atoms with Gasteiger partial charge in [0.15, 0.2) is 11.5 Å². The molecule has 41 heavy (non-hydrogen) atoms. The van der Waals surface area contributed by atoms with E-state index in [0.717, 1.165) is 48.7 Å². The van der Waals surface area contributed by atoms with Gasteiger partial charge in [-0.2, -0.15) is 0 Å². The summed E-state index contributed by atoms with van der Waals surface area (Å²) >= 11 is 6.20. The number of fused-ring (bicyclic) bond motifs is 2. The third-order valence-electron chi connectivity index (χ3n) is 7.66. The lowest BCUT2D eigenvalue weighted by atomic mass is 9.99. The first-order valence-corrected chi connectivity index (χ1v) is 14.1. The van der Waals surface area contributed by atoms with Crippen molar-refractivity contribution in [2.24, 2.45) is 0 Å². The third-order valence-corrected chi connectivity index (χ3v) is 7.89. The van der Waals surface area contributed by atoms with Crippen molar-refractivity contribution in [1.29, 1.82) is 0 Å². The molecule has 2 amide bonds. The van der Waals surface area contributed by atoms with Crippen LogP contribution in [-0.4, -0.2) is 74.7 Å². The van der Waals surface area contributed by atoms with Crippen molar-refractivity contribution >= 4 is 51.7 Å². The van der Waals surface area contributed by atoms with Crippen molar-refractivity contribution in [2.75, 3.05) is 68.6 Å². The molecule has 0 unspecified atom stereocenters. The first kappa shape index (κ1) is 27.1. The highest BCUT2D eigenvalue weighted by Crippen LogP contribution is 2.41. The normalized spacial score (nSPS) is 17.7. The largest absolute Gasteiger partial charge is 0.454 e. The zero-order valence-electron chi connectivity index (χ0n) is 23.1. The second-order valence-corrected chi connectivity index (χ2v) is 10.8. The number of carbonyl (C=O) groups excluding carboxylic acids is 2. The van der Waals surface area contributed by atoms with Gasteiger partial charge in [-0.15, -0.1) is 0 Å². The van der Waals surface area contributed by atoms with Gasteiger partial charge in [-0.1, -0.05) is 17.7 Å². The van der Waals surface area contributed by atoms with Crippen LogP contribution in [-0.2, 0) is 9.59 Å². The van der Waals surface area contributed by atoms with Crippen LogP contribution in [0.4, 0.5) is 17.1 Å². The van der Waals surface area contributed by atoms with Crippen LogP contribution in [0.5, 0.6) is 11.5 Å². The maximum atomic E-state index is 13.3. The highest BCUT2D eigenvalue weighted by molar-refractivity contribution is 6.38. The quantitative estimate of drug-likeness (QED) is 0.400. The average Bonchev–Trinajstić information content (AvgIpc) is 3.57. The molecule has 1 fully saturated rings. The Morgan fingerprint density at radius 1 is 1.00 bits per heavy atom. The number of likely N-dealkylation sites (N-methyl/N-ethyl adjacent to an activating group) is 2. The third kappa shape index (κ3) is 5.61. The van der Waals surface area contributed by atoms with Crippen molar-refractivity contribution < 1.29 is 19.1 Å². The standard InChI is InChI=1S/C31H32ClN5O4/c1-3-37(28(38)18-36-14-12-35(2)13-15-36)23-8-6-22(7-9-23)33-30(20-4-11-26-27(16-20)41-19-40-26)29-24-10-5-21(32)17-25(24)34-31(29)39/h4-11,16-17,33H,3,12-15,18-19H2,1-2H3,(H,34,39)/b30-29-. The summed E-state index contributed by atoms with van der Waals surface area (Å²) in [4.78, 5) is 32.7. The predicted octanol–water partition coefficient (Wildman–Crippen LogP) is 4.60. The van der Waals surface area contributed by atoms with Gasteiger partial charge in [0.25, 0.3) is 5.91 Å². The van der Waals surface area contributed by atoms with Gasteiger partial charge in [-0.3, -0.25) is 14.5 Å². The molecule has 0 aliphatic carbocycles. The molecule has 9 nitrogen and oxygen atoms in total. The van der Waals surface area contributed by atoms with E-state index in [1.54, 1.807) is 12.1 Å². The van der Waals surface area contributed by atoms with Gasteiger partial charge in [0.1, 0.15) is 0 Å². The molecule has 3 aromatic rings. The van der Waals surface area contributed by atoms with E-state index in [4.69, 9.17) is 21.1 Å². The number of hydrogen-bond acceptors (Lipinski definition) is 7. The van der Waals surface area contributed by atoms with E-state index >= 15 is 0 Å². The zero-order valence-corrected chi connectivity index (χ0v) is 23.8. The van der Waals surface area contributed by atoms with E-state index in [1.807, 2.05) is 60.4 Å². The summed E-state index contributed by atoms with van der Waals surface area (Å²) < 4.78 is 11.1. The maximum Gasteiger partial charge on any atom is 0.258 e. The van der Waals surface area contributed by atoms with Crippen molar-refractivity contribution in [3.63, 3.8) is 0 Å². The Balaban J connectivity index is 1.29.